The molecule has 2 aromatic heterocycles. The van der Waals surface area contributed by atoms with Crippen molar-refractivity contribution >= 4 is 11.8 Å². The molecule has 0 amide bonds. The fraction of sp³-hybridized carbons (Fsp3) is 0.588. The molecule has 25 heavy (non-hydrogen) atoms. The Morgan fingerprint density at radius 1 is 1.16 bits per heavy atom. The molecule has 1 aliphatic rings. The first kappa shape index (κ1) is 17.5. The van der Waals surface area contributed by atoms with Crippen LogP contribution in [0.5, 0.6) is 0 Å². The molecule has 0 unspecified atom stereocenters. The van der Waals surface area contributed by atoms with E-state index in [4.69, 9.17) is 0 Å². The molecule has 3 heterocycles. The quantitative estimate of drug-likeness (QED) is 0.890. The summed E-state index contributed by atoms with van der Waals surface area (Å²) in [4.78, 5) is 26.2. The molecule has 0 aromatic carbocycles. The highest BCUT2D eigenvalue weighted by Crippen LogP contribution is 2.24. The van der Waals surface area contributed by atoms with Crippen molar-refractivity contribution in [3.63, 3.8) is 0 Å². The summed E-state index contributed by atoms with van der Waals surface area (Å²) in [5, 5.41) is 9.72. The van der Waals surface area contributed by atoms with Crippen LogP contribution >= 0.6 is 0 Å². The maximum absolute atomic E-state index is 9.72. The zero-order valence-electron chi connectivity index (χ0n) is 15.2. The number of aryl methyl sites for hydroxylation is 1. The van der Waals surface area contributed by atoms with Gasteiger partial charge in [-0.2, -0.15) is 4.98 Å². The van der Waals surface area contributed by atoms with Gasteiger partial charge in [0.15, 0.2) is 5.82 Å². The summed E-state index contributed by atoms with van der Waals surface area (Å²) in [5.41, 5.74) is 0. The van der Waals surface area contributed by atoms with Gasteiger partial charge >= 0.3 is 0 Å². The maximum Gasteiger partial charge on any atom is 0.229 e. The summed E-state index contributed by atoms with van der Waals surface area (Å²) < 4.78 is 0. The SMILES string of the molecule is CCc1ncnc(N2[C@H](C)CN(c3ccnc([C@@H](C)O)n3)C[C@@H]2C)n1. The van der Waals surface area contributed by atoms with Crippen LogP contribution in [0.1, 0.15) is 45.4 Å². The number of rotatable bonds is 4. The monoisotopic (exact) mass is 343 g/mol. The minimum Gasteiger partial charge on any atom is -0.385 e. The number of nitrogens with zero attached hydrogens (tertiary/aromatic N) is 7. The van der Waals surface area contributed by atoms with Gasteiger partial charge in [-0.1, -0.05) is 6.92 Å². The van der Waals surface area contributed by atoms with Crippen molar-refractivity contribution in [3.8, 4) is 0 Å². The predicted molar refractivity (Wildman–Crippen MR) is 95.5 cm³/mol. The largest absolute Gasteiger partial charge is 0.385 e. The average Bonchev–Trinajstić information content (AvgIpc) is 2.61. The van der Waals surface area contributed by atoms with Crippen LogP contribution in [-0.4, -0.2) is 55.2 Å². The average molecular weight is 343 g/mol. The van der Waals surface area contributed by atoms with Crippen LogP contribution in [0, 0.1) is 0 Å². The van der Waals surface area contributed by atoms with E-state index in [0.29, 0.717) is 5.82 Å². The third kappa shape index (κ3) is 3.68. The molecule has 8 heteroatoms. The zero-order chi connectivity index (χ0) is 18.0. The van der Waals surface area contributed by atoms with Gasteiger partial charge in [-0.05, 0) is 26.8 Å². The van der Waals surface area contributed by atoms with E-state index in [2.05, 4.69) is 48.6 Å². The van der Waals surface area contributed by atoms with Gasteiger partial charge in [-0.15, -0.1) is 0 Å². The molecule has 1 N–H and O–H groups in total. The second-order valence-corrected chi connectivity index (χ2v) is 6.51. The van der Waals surface area contributed by atoms with Crippen molar-refractivity contribution in [2.75, 3.05) is 22.9 Å². The van der Waals surface area contributed by atoms with E-state index < -0.39 is 6.10 Å². The van der Waals surface area contributed by atoms with E-state index in [1.807, 2.05) is 13.0 Å². The van der Waals surface area contributed by atoms with E-state index in [9.17, 15) is 5.11 Å². The van der Waals surface area contributed by atoms with Gasteiger partial charge in [0.25, 0.3) is 0 Å². The second-order valence-electron chi connectivity index (χ2n) is 6.51. The third-order valence-corrected chi connectivity index (χ3v) is 4.43. The maximum atomic E-state index is 9.72. The molecule has 1 saturated heterocycles. The standard InChI is InChI=1S/C17H25N7O/c1-5-14-19-10-20-17(21-14)24-11(2)8-23(9-12(24)3)15-6-7-18-16(22-15)13(4)25/h6-7,10-13,25H,5,8-9H2,1-4H3/t11-,12+,13-/m1/s1. The minimum atomic E-state index is -0.672. The molecule has 0 aliphatic carbocycles. The zero-order valence-corrected chi connectivity index (χ0v) is 15.2. The number of aromatic nitrogens is 5. The number of aliphatic hydroxyl groups excluding tert-OH is 1. The Labute approximate surface area is 148 Å². The highest BCUT2D eigenvalue weighted by Gasteiger charge is 2.32. The first-order valence-corrected chi connectivity index (χ1v) is 8.71. The smallest absolute Gasteiger partial charge is 0.229 e. The van der Waals surface area contributed by atoms with E-state index in [0.717, 1.165) is 37.1 Å². The van der Waals surface area contributed by atoms with Crippen LogP contribution in [0.25, 0.3) is 0 Å². The molecule has 3 atom stereocenters. The summed E-state index contributed by atoms with van der Waals surface area (Å²) in [6.45, 7) is 9.64. The lowest BCUT2D eigenvalue weighted by Crippen LogP contribution is -2.58. The number of hydrogen-bond donors (Lipinski definition) is 1. The normalized spacial score (nSPS) is 22.1. The van der Waals surface area contributed by atoms with Crippen molar-refractivity contribution in [1.82, 2.24) is 24.9 Å². The van der Waals surface area contributed by atoms with Gasteiger partial charge < -0.3 is 14.9 Å². The van der Waals surface area contributed by atoms with E-state index in [-0.39, 0.29) is 12.1 Å². The van der Waals surface area contributed by atoms with Gasteiger partial charge in [-0.3, -0.25) is 0 Å². The highest BCUT2D eigenvalue weighted by atomic mass is 16.3. The predicted octanol–water partition coefficient (Wildman–Crippen LogP) is 1.38. The molecule has 3 rings (SSSR count). The third-order valence-electron chi connectivity index (χ3n) is 4.43. The van der Waals surface area contributed by atoms with E-state index >= 15 is 0 Å². The van der Waals surface area contributed by atoms with Crippen LogP contribution in [0.4, 0.5) is 11.8 Å². The lowest BCUT2D eigenvalue weighted by molar-refractivity contribution is 0.189. The summed E-state index contributed by atoms with van der Waals surface area (Å²) in [6.07, 6.45) is 3.41. The minimum absolute atomic E-state index is 0.223. The topological polar surface area (TPSA) is 91.2 Å². The first-order valence-electron chi connectivity index (χ1n) is 8.71. The molecule has 2 aromatic rings. The number of hydrogen-bond acceptors (Lipinski definition) is 8. The Morgan fingerprint density at radius 3 is 2.52 bits per heavy atom. The van der Waals surface area contributed by atoms with Crippen LogP contribution in [0.15, 0.2) is 18.6 Å². The summed E-state index contributed by atoms with van der Waals surface area (Å²) >= 11 is 0. The lowest BCUT2D eigenvalue weighted by atomic mass is 10.1. The fourth-order valence-corrected chi connectivity index (χ4v) is 3.26. The van der Waals surface area contributed by atoms with Crippen LogP contribution in [0.2, 0.25) is 0 Å². The first-order chi connectivity index (χ1) is 12.0. The molecule has 8 nitrogen and oxygen atoms in total. The van der Waals surface area contributed by atoms with Crippen LogP contribution in [-0.2, 0) is 6.42 Å². The van der Waals surface area contributed by atoms with Gasteiger partial charge in [0.05, 0.1) is 0 Å². The van der Waals surface area contributed by atoms with Crippen molar-refractivity contribution in [2.45, 2.75) is 52.3 Å². The highest BCUT2D eigenvalue weighted by molar-refractivity contribution is 5.44. The summed E-state index contributed by atoms with van der Waals surface area (Å²) in [5.74, 6) is 2.84. The number of piperazine rings is 1. The van der Waals surface area contributed by atoms with E-state index in [1.54, 1.807) is 19.4 Å². The number of aliphatic hydroxyl groups is 1. The van der Waals surface area contributed by atoms with Crippen molar-refractivity contribution in [1.29, 1.82) is 0 Å². The fourth-order valence-electron chi connectivity index (χ4n) is 3.26. The van der Waals surface area contributed by atoms with Gasteiger partial charge in [-0.25, -0.2) is 19.9 Å². The van der Waals surface area contributed by atoms with Gasteiger partial charge in [0.1, 0.15) is 24.1 Å². The Hall–Kier alpha value is -2.35. The Kier molecular flexibility index (Phi) is 5.08. The molecule has 1 fully saturated rings. The molecule has 134 valence electrons. The molecule has 1 aliphatic heterocycles. The summed E-state index contributed by atoms with van der Waals surface area (Å²) in [6, 6.07) is 2.33. The van der Waals surface area contributed by atoms with E-state index in [1.165, 1.54) is 0 Å². The molecule has 0 bridgehead atoms. The molecule has 0 spiro atoms. The molecular weight excluding hydrogens is 318 g/mol. The van der Waals surface area contributed by atoms with Crippen LogP contribution < -0.4 is 9.80 Å². The van der Waals surface area contributed by atoms with Gasteiger partial charge in [0.2, 0.25) is 5.95 Å². The lowest BCUT2D eigenvalue weighted by Gasteiger charge is -2.44. The Morgan fingerprint density at radius 2 is 1.88 bits per heavy atom. The Bertz CT molecular complexity index is 712. The van der Waals surface area contributed by atoms with Crippen molar-refractivity contribution in [2.24, 2.45) is 0 Å². The number of anilines is 2. The Balaban J connectivity index is 1.81. The second kappa shape index (κ2) is 7.26. The van der Waals surface area contributed by atoms with Crippen molar-refractivity contribution in [3.05, 3.63) is 30.2 Å². The van der Waals surface area contributed by atoms with Gasteiger partial charge in [0, 0.05) is 37.8 Å². The molecule has 0 radical (unpaired) electrons. The van der Waals surface area contributed by atoms with Crippen molar-refractivity contribution < 1.29 is 5.11 Å². The summed E-state index contributed by atoms with van der Waals surface area (Å²) in [7, 11) is 0. The molecule has 0 saturated carbocycles. The van der Waals surface area contributed by atoms with Crippen LogP contribution in [0.3, 0.4) is 0 Å². The molecular formula is C17H25N7O.